The molecule has 0 spiro atoms. The number of benzene rings is 1. The number of nitrogens with zero attached hydrogens (tertiary/aromatic N) is 1. The number of ether oxygens (including phenoxy) is 3. The van der Waals surface area contributed by atoms with Gasteiger partial charge in [0.2, 0.25) is 0 Å². The van der Waals surface area contributed by atoms with Crippen molar-refractivity contribution in [3.8, 4) is 11.5 Å². The Morgan fingerprint density at radius 1 is 1.24 bits per heavy atom. The second kappa shape index (κ2) is 10.3. The Labute approximate surface area is 171 Å². The van der Waals surface area contributed by atoms with Crippen molar-refractivity contribution in [2.45, 2.75) is 25.8 Å². The van der Waals surface area contributed by atoms with Crippen LogP contribution >= 0.6 is 0 Å². The summed E-state index contributed by atoms with van der Waals surface area (Å²) >= 11 is 0. The monoisotopic (exact) mass is 425 g/mol. The molecule has 0 bridgehead atoms. The Morgan fingerprint density at radius 2 is 2.00 bits per heavy atom. The maximum atomic E-state index is 12.5. The summed E-state index contributed by atoms with van der Waals surface area (Å²) in [5, 5.41) is 0. The average Bonchev–Trinajstić information content (AvgIpc) is 3.07. The van der Waals surface area contributed by atoms with E-state index in [0.29, 0.717) is 36.4 Å². The van der Waals surface area contributed by atoms with Crippen LogP contribution < -0.4 is 9.47 Å². The van der Waals surface area contributed by atoms with Crippen LogP contribution in [0.2, 0.25) is 0 Å². The van der Waals surface area contributed by atoms with Crippen LogP contribution in [-0.4, -0.2) is 70.1 Å². The SMILES string of the molecule is CCCN(C(=O)COC(=O)/C=C/c1cc(OC)ccc1OC)[C@H]1CCS(=O)(=O)C1. The molecule has 1 amide bonds. The Balaban J connectivity index is 1.97. The van der Waals surface area contributed by atoms with Crippen LogP contribution in [0.5, 0.6) is 11.5 Å². The van der Waals surface area contributed by atoms with Crippen molar-refractivity contribution < 1.29 is 32.2 Å². The molecule has 0 unspecified atom stereocenters. The minimum Gasteiger partial charge on any atom is -0.497 e. The molecule has 1 aliphatic heterocycles. The first kappa shape index (κ1) is 22.7. The van der Waals surface area contributed by atoms with Crippen molar-refractivity contribution in [1.82, 2.24) is 4.90 Å². The van der Waals surface area contributed by atoms with Crippen LogP contribution in [0.1, 0.15) is 25.3 Å². The van der Waals surface area contributed by atoms with Crippen LogP contribution in [-0.2, 0) is 24.2 Å². The van der Waals surface area contributed by atoms with E-state index in [9.17, 15) is 18.0 Å². The average molecular weight is 426 g/mol. The van der Waals surface area contributed by atoms with Gasteiger partial charge in [-0.2, -0.15) is 0 Å². The summed E-state index contributed by atoms with van der Waals surface area (Å²) in [5.74, 6) is 0.129. The molecule has 0 N–H and O–H groups in total. The molecule has 2 rings (SSSR count). The van der Waals surface area contributed by atoms with Gasteiger partial charge in [0.15, 0.2) is 16.4 Å². The van der Waals surface area contributed by atoms with E-state index in [2.05, 4.69) is 0 Å². The van der Waals surface area contributed by atoms with E-state index >= 15 is 0 Å². The van der Waals surface area contributed by atoms with Crippen LogP contribution in [0.4, 0.5) is 0 Å². The van der Waals surface area contributed by atoms with Gasteiger partial charge in [-0.1, -0.05) is 6.92 Å². The highest BCUT2D eigenvalue weighted by molar-refractivity contribution is 7.91. The fourth-order valence-electron chi connectivity index (χ4n) is 3.16. The topological polar surface area (TPSA) is 99.2 Å². The molecule has 1 aromatic rings. The van der Waals surface area contributed by atoms with E-state index in [0.717, 1.165) is 0 Å². The normalized spacial score (nSPS) is 17.8. The zero-order chi connectivity index (χ0) is 21.4. The largest absolute Gasteiger partial charge is 0.497 e. The molecule has 1 aromatic carbocycles. The molecule has 8 nitrogen and oxygen atoms in total. The number of amides is 1. The van der Waals surface area contributed by atoms with Crippen molar-refractivity contribution >= 4 is 27.8 Å². The van der Waals surface area contributed by atoms with Gasteiger partial charge in [-0.05, 0) is 37.1 Å². The second-order valence-electron chi connectivity index (χ2n) is 6.69. The zero-order valence-electron chi connectivity index (χ0n) is 16.9. The van der Waals surface area contributed by atoms with Crippen LogP contribution in [0.15, 0.2) is 24.3 Å². The number of hydrogen-bond donors (Lipinski definition) is 0. The molecule has 9 heteroatoms. The molecule has 1 fully saturated rings. The number of carbonyl (C=O) groups is 2. The first-order valence-electron chi connectivity index (χ1n) is 9.36. The summed E-state index contributed by atoms with van der Waals surface area (Å²) in [6.45, 7) is 1.89. The van der Waals surface area contributed by atoms with Crippen molar-refractivity contribution in [3.63, 3.8) is 0 Å². The minimum atomic E-state index is -3.11. The fourth-order valence-corrected chi connectivity index (χ4v) is 4.90. The quantitative estimate of drug-likeness (QED) is 0.438. The molecule has 0 aliphatic carbocycles. The Hall–Kier alpha value is -2.55. The van der Waals surface area contributed by atoms with Crippen molar-refractivity contribution in [1.29, 1.82) is 0 Å². The summed E-state index contributed by atoms with van der Waals surface area (Å²) < 4.78 is 38.9. The summed E-state index contributed by atoms with van der Waals surface area (Å²) in [7, 11) is -0.0601. The predicted octanol–water partition coefficient (Wildman–Crippen LogP) is 1.69. The van der Waals surface area contributed by atoms with Gasteiger partial charge in [-0.3, -0.25) is 4.79 Å². The molecule has 1 aliphatic rings. The highest BCUT2D eigenvalue weighted by atomic mass is 32.2. The van der Waals surface area contributed by atoms with Gasteiger partial charge in [0.05, 0.1) is 25.7 Å². The maximum Gasteiger partial charge on any atom is 0.331 e. The molecular formula is C20H27NO7S. The maximum absolute atomic E-state index is 12.5. The fraction of sp³-hybridized carbons (Fsp3) is 0.500. The number of methoxy groups -OCH3 is 2. The molecule has 160 valence electrons. The Morgan fingerprint density at radius 3 is 2.59 bits per heavy atom. The third-order valence-corrected chi connectivity index (χ3v) is 6.36. The van der Waals surface area contributed by atoms with Gasteiger partial charge in [-0.25, -0.2) is 13.2 Å². The van der Waals surface area contributed by atoms with Crippen molar-refractivity contribution in [3.05, 3.63) is 29.8 Å². The van der Waals surface area contributed by atoms with Crippen LogP contribution in [0.3, 0.4) is 0 Å². The molecule has 1 saturated heterocycles. The summed E-state index contributed by atoms with van der Waals surface area (Å²) in [5.41, 5.74) is 0.624. The third-order valence-electron chi connectivity index (χ3n) is 4.61. The molecule has 0 saturated carbocycles. The molecule has 0 aromatic heterocycles. The van der Waals surface area contributed by atoms with E-state index in [1.165, 1.54) is 31.3 Å². The van der Waals surface area contributed by atoms with E-state index in [4.69, 9.17) is 14.2 Å². The highest BCUT2D eigenvalue weighted by Gasteiger charge is 2.34. The van der Waals surface area contributed by atoms with Crippen LogP contribution in [0, 0.1) is 0 Å². The van der Waals surface area contributed by atoms with Crippen molar-refractivity contribution in [2.24, 2.45) is 0 Å². The second-order valence-corrected chi connectivity index (χ2v) is 8.92. The number of hydrogen-bond acceptors (Lipinski definition) is 7. The lowest BCUT2D eigenvalue weighted by atomic mass is 10.1. The highest BCUT2D eigenvalue weighted by Crippen LogP contribution is 2.25. The first-order chi connectivity index (χ1) is 13.8. The lowest BCUT2D eigenvalue weighted by molar-refractivity contribution is -0.149. The predicted molar refractivity (Wildman–Crippen MR) is 109 cm³/mol. The number of sulfone groups is 1. The molecule has 0 radical (unpaired) electrons. The number of esters is 1. The van der Waals surface area contributed by atoms with Gasteiger partial charge < -0.3 is 19.1 Å². The Kier molecular flexibility index (Phi) is 8.07. The summed E-state index contributed by atoms with van der Waals surface area (Å²) in [4.78, 5) is 26.0. The molecule has 1 heterocycles. The van der Waals surface area contributed by atoms with E-state index in [1.54, 1.807) is 18.2 Å². The molecule has 29 heavy (non-hydrogen) atoms. The summed E-state index contributed by atoms with van der Waals surface area (Å²) in [6.07, 6.45) is 3.82. The van der Waals surface area contributed by atoms with E-state index in [1.807, 2.05) is 6.92 Å². The first-order valence-corrected chi connectivity index (χ1v) is 11.2. The van der Waals surface area contributed by atoms with Crippen molar-refractivity contribution in [2.75, 3.05) is 38.9 Å². The van der Waals surface area contributed by atoms with Gasteiger partial charge >= 0.3 is 5.97 Å². The zero-order valence-corrected chi connectivity index (χ0v) is 17.7. The van der Waals surface area contributed by atoms with Gasteiger partial charge in [0.1, 0.15) is 11.5 Å². The molecule has 1 atom stereocenters. The van der Waals surface area contributed by atoms with Gasteiger partial charge in [-0.15, -0.1) is 0 Å². The lowest BCUT2D eigenvalue weighted by Gasteiger charge is -2.27. The molecular weight excluding hydrogens is 398 g/mol. The standard InChI is InChI=1S/C20H27NO7S/c1-4-10-21(16-9-11-29(24,25)14-16)19(22)13-28-20(23)8-5-15-12-17(26-2)6-7-18(15)27-3/h5-8,12,16H,4,9-11,13-14H2,1-3H3/b8-5+/t16-/m0/s1. The van der Waals surface area contributed by atoms with E-state index < -0.39 is 28.3 Å². The smallest absolute Gasteiger partial charge is 0.331 e. The lowest BCUT2D eigenvalue weighted by Crippen LogP contribution is -2.43. The van der Waals surface area contributed by atoms with Crippen LogP contribution in [0.25, 0.3) is 6.08 Å². The van der Waals surface area contributed by atoms with Gasteiger partial charge in [0, 0.05) is 24.2 Å². The van der Waals surface area contributed by atoms with E-state index in [-0.39, 0.29) is 17.5 Å². The number of rotatable bonds is 9. The summed E-state index contributed by atoms with van der Waals surface area (Å²) in [6, 6.07) is 4.80. The Bertz CT molecular complexity index is 864. The minimum absolute atomic E-state index is 0.0395. The third kappa shape index (κ3) is 6.49. The number of carbonyl (C=O) groups excluding carboxylic acids is 2. The van der Waals surface area contributed by atoms with Gasteiger partial charge in [0.25, 0.3) is 5.91 Å².